The number of para-hydroxylation sites is 2. The maximum absolute atomic E-state index is 6.84. The second kappa shape index (κ2) is 13.1. The molecule has 3 aromatic heterocycles. The van der Waals surface area contributed by atoms with Crippen LogP contribution < -0.4 is 4.90 Å². The first-order valence-corrected chi connectivity index (χ1v) is 20.4. The molecule has 0 unspecified atom stereocenters. The van der Waals surface area contributed by atoms with E-state index in [9.17, 15) is 0 Å². The quantitative estimate of drug-likeness (QED) is 0.169. The molecule has 0 aliphatic heterocycles. The molecule has 0 amide bonds. The van der Waals surface area contributed by atoms with Crippen LogP contribution in [0, 0.1) is 0 Å². The van der Waals surface area contributed by atoms with E-state index in [1.165, 1.54) is 42.4 Å². The molecule has 58 heavy (non-hydrogen) atoms. The molecular formula is C54H33NO2S. The van der Waals surface area contributed by atoms with E-state index in [1.54, 1.807) is 0 Å². The van der Waals surface area contributed by atoms with E-state index < -0.39 is 0 Å². The molecule has 0 spiro atoms. The summed E-state index contributed by atoms with van der Waals surface area (Å²) in [6, 6.07) is 71.3. The molecule has 12 rings (SSSR count). The van der Waals surface area contributed by atoms with Gasteiger partial charge in [-0.05, 0) is 82.4 Å². The zero-order chi connectivity index (χ0) is 38.2. The lowest BCUT2D eigenvalue weighted by Crippen LogP contribution is -2.11. The molecule has 0 saturated carbocycles. The van der Waals surface area contributed by atoms with E-state index in [1.807, 2.05) is 23.5 Å². The van der Waals surface area contributed by atoms with Crippen LogP contribution >= 0.6 is 11.3 Å². The zero-order valence-corrected chi connectivity index (χ0v) is 32.0. The largest absolute Gasteiger partial charge is 0.456 e. The number of rotatable bonds is 6. The predicted octanol–water partition coefficient (Wildman–Crippen LogP) is 16.3. The average molecular weight is 760 g/mol. The van der Waals surface area contributed by atoms with Gasteiger partial charge in [0, 0.05) is 42.2 Å². The summed E-state index contributed by atoms with van der Waals surface area (Å²) >= 11 is 1.87. The Morgan fingerprint density at radius 3 is 1.64 bits per heavy atom. The van der Waals surface area contributed by atoms with Gasteiger partial charge >= 0.3 is 0 Å². The van der Waals surface area contributed by atoms with Gasteiger partial charge in [-0.3, -0.25) is 0 Å². The van der Waals surface area contributed by atoms with Crippen LogP contribution in [-0.2, 0) is 0 Å². The van der Waals surface area contributed by atoms with E-state index in [2.05, 4.69) is 193 Å². The van der Waals surface area contributed by atoms with Crippen molar-refractivity contribution in [3.63, 3.8) is 0 Å². The molecule has 0 atom stereocenters. The molecule has 0 fully saturated rings. The van der Waals surface area contributed by atoms with Gasteiger partial charge in [0.1, 0.15) is 22.3 Å². The topological polar surface area (TPSA) is 29.5 Å². The van der Waals surface area contributed by atoms with E-state index in [0.29, 0.717) is 0 Å². The van der Waals surface area contributed by atoms with E-state index in [-0.39, 0.29) is 0 Å². The van der Waals surface area contributed by atoms with Gasteiger partial charge in [-0.2, -0.15) is 0 Å². The molecule has 9 aromatic carbocycles. The minimum absolute atomic E-state index is 0.846. The Labute approximate surface area is 338 Å². The highest BCUT2D eigenvalue weighted by Crippen LogP contribution is 2.51. The van der Waals surface area contributed by atoms with E-state index in [0.717, 1.165) is 72.1 Å². The van der Waals surface area contributed by atoms with Gasteiger partial charge in [0.15, 0.2) is 0 Å². The van der Waals surface area contributed by atoms with Gasteiger partial charge in [0.2, 0.25) is 0 Å². The third-order valence-corrected chi connectivity index (χ3v) is 12.7. The van der Waals surface area contributed by atoms with Crippen molar-refractivity contribution in [1.29, 1.82) is 0 Å². The fourth-order valence-electron chi connectivity index (χ4n) is 8.90. The number of thiophene rings is 1. The van der Waals surface area contributed by atoms with Crippen LogP contribution in [0.3, 0.4) is 0 Å². The molecule has 0 saturated heterocycles. The fraction of sp³-hybridized carbons (Fsp3) is 0. The van der Waals surface area contributed by atoms with Crippen molar-refractivity contribution in [2.24, 2.45) is 0 Å². The van der Waals surface area contributed by atoms with Crippen molar-refractivity contribution >= 4 is 92.4 Å². The van der Waals surface area contributed by atoms with Crippen molar-refractivity contribution < 1.29 is 8.83 Å². The van der Waals surface area contributed by atoms with Gasteiger partial charge in [-0.1, -0.05) is 146 Å². The first kappa shape index (κ1) is 32.8. The van der Waals surface area contributed by atoms with Gasteiger partial charge in [0.25, 0.3) is 0 Å². The molecule has 0 radical (unpaired) electrons. The first-order valence-electron chi connectivity index (χ1n) is 19.6. The molecule has 3 heterocycles. The monoisotopic (exact) mass is 759 g/mol. The van der Waals surface area contributed by atoms with Gasteiger partial charge in [0.05, 0.1) is 22.1 Å². The van der Waals surface area contributed by atoms with Crippen molar-refractivity contribution in [1.82, 2.24) is 0 Å². The number of benzene rings is 9. The van der Waals surface area contributed by atoms with Crippen LogP contribution in [-0.4, -0.2) is 0 Å². The van der Waals surface area contributed by atoms with Gasteiger partial charge in [-0.25, -0.2) is 0 Å². The summed E-state index contributed by atoms with van der Waals surface area (Å²) in [5.74, 6) is 0. The summed E-state index contributed by atoms with van der Waals surface area (Å²) in [5.41, 5.74) is 13.6. The number of hydrogen-bond donors (Lipinski definition) is 0. The van der Waals surface area contributed by atoms with Crippen LogP contribution in [0.5, 0.6) is 0 Å². The Balaban J connectivity index is 1.20. The van der Waals surface area contributed by atoms with Crippen molar-refractivity contribution in [3.05, 3.63) is 200 Å². The Kier molecular flexibility index (Phi) is 7.40. The molecule has 0 aliphatic rings. The Hall–Kier alpha value is -7.40. The highest BCUT2D eigenvalue weighted by atomic mass is 32.1. The van der Waals surface area contributed by atoms with Crippen LogP contribution in [0.1, 0.15) is 0 Å². The van der Waals surface area contributed by atoms with Crippen molar-refractivity contribution in [2.45, 2.75) is 0 Å². The van der Waals surface area contributed by atoms with Gasteiger partial charge in [-0.15, -0.1) is 11.3 Å². The summed E-state index contributed by atoms with van der Waals surface area (Å²) in [5, 5.41) is 6.76. The van der Waals surface area contributed by atoms with Crippen LogP contribution in [0.4, 0.5) is 17.1 Å². The van der Waals surface area contributed by atoms with Crippen LogP contribution in [0.2, 0.25) is 0 Å². The molecule has 3 nitrogen and oxygen atoms in total. The molecule has 12 aromatic rings. The second-order valence-electron chi connectivity index (χ2n) is 14.8. The summed E-state index contributed by atoms with van der Waals surface area (Å²) in [6.45, 7) is 0. The molecule has 0 N–H and O–H groups in total. The van der Waals surface area contributed by atoms with Crippen molar-refractivity contribution in [2.75, 3.05) is 4.90 Å². The number of fused-ring (bicyclic) bond motifs is 9. The minimum atomic E-state index is 0.846. The smallest absolute Gasteiger partial charge is 0.145 e. The fourth-order valence-corrected chi connectivity index (χ4v) is 10.1. The molecule has 272 valence electrons. The zero-order valence-electron chi connectivity index (χ0n) is 31.2. The van der Waals surface area contributed by atoms with Crippen molar-refractivity contribution in [3.8, 4) is 33.4 Å². The average Bonchev–Trinajstić information content (AvgIpc) is 3.99. The number of furan rings is 2. The van der Waals surface area contributed by atoms with E-state index >= 15 is 0 Å². The third kappa shape index (κ3) is 5.05. The molecular weight excluding hydrogens is 727 g/mol. The van der Waals surface area contributed by atoms with Crippen LogP contribution in [0.25, 0.3) is 97.4 Å². The van der Waals surface area contributed by atoms with E-state index in [4.69, 9.17) is 8.83 Å². The third-order valence-electron chi connectivity index (χ3n) is 11.5. The maximum atomic E-state index is 6.84. The summed E-state index contributed by atoms with van der Waals surface area (Å²) in [7, 11) is 0. The number of anilines is 3. The Morgan fingerprint density at radius 1 is 0.362 bits per heavy atom. The normalized spacial score (nSPS) is 11.8. The molecule has 0 aliphatic carbocycles. The Bertz CT molecular complexity index is 3510. The lowest BCUT2D eigenvalue weighted by atomic mass is 9.94. The van der Waals surface area contributed by atoms with Crippen LogP contribution in [0.15, 0.2) is 209 Å². The molecule has 4 heteroatoms. The number of hydrogen-bond acceptors (Lipinski definition) is 4. The highest BCUT2D eigenvalue weighted by Gasteiger charge is 2.26. The summed E-state index contributed by atoms with van der Waals surface area (Å²) in [4.78, 5) is 2.43. The second-order valence-corrected chi connectivity index (χ2v) is 15.8. The summed E-state index contributed by atoms with van der Waals surface area (Å²) < 4.78 is 15.9. The maximum Gasteiger partial charge on any atom is 0.145 e. The highest BCUT2D eigenvalue weighted by molar-refractivity contribution is 7.26. The predicted molar refractivity (Wildman–Crippen MR) is 245 cm³/mol. The lowest BCUT2D eigenvalue weighted by Gasteiger charge is -2.27. The minimum Gasteiger partial charge on any atom is -0.456 e. The number of nitrogens with zero attached hydrogens (tertiary/aromatic N) is 1. The summed E-state index contributed by atoms with van der Waals surface area (Å²) in [6.07, 6.45) is 0. The SMILES string of the molecule is c1ccc(-c2ccc(N(c3ccc4sc5c(-c6ccccc6)ccc(-c6ccccc6)c5c4c3)c3cccc4oc5ccccc5c34)c3c2oc2ccccc23)cc1. The molecule has 0 bridgehead atoms. The van der Waals surface area contributed by atoms with Gasteiger partial charge < -0.3 is 13.7 Å². The standard InChI is InChI=1S/C54H33NO2S/c1-4-15-34(16-5-1)38-28-29-40(36-19-8-3-9-20-36)54-50(38)43-33-37(27-32-49(43)58-54)55(44-23-14-26-48-51(44)41-21-10-12-24-46(41)56-48)45-31-30-39(35-17-6-2-7-18-35)53-52(45)42-22-11-13-25-47(42)57-53/h1-33H. The first-order chi connectivity index (χ1) is 28.8. The lowest BCUT2D eigenvalue weighted by molar-refractivity contribution is 0.669. The Morgan fingerprint density at radius 2 is 0.914 bits per heavy atom.